The molecule has 174 valence electrons. The Morgan fingerprint density at radius 1 is 1.09 bits per heavy atom. The Morgan fingerprint density at radius 3 is 2.44 bits per heavy atom. The number of likely N-dealkylation sites (tertiary alicyclic amines) is 1. The van der Waals surface area contributed by atoms with Gasteiger partial charge >= 0.3 is 0 Å². The van der Waals surface area contributed by atoms with E-state index >= 15 is 0 Å². The van der Waals surface area contributed by atoms with Gasteiger partial charge in [-0.3, -0.25) is 14.6 Å². The molecule has 1 unspecified atom stereocenters. The predicted octanol–water partition coefficient (Wildman–Crippen LogP) is 5.80. The van der Waals surface area contributed by atoms with Crippen LogP contribution in [0.3, 0.4) is 0 Å². The van der Waals surface area contributed by atoms with Crippen molar-refractivity contribution in [3.05, 3.63) is 99.3 Å². The first-order valence-electron chi connectivity index (χ1n) is 10.7. The lowest BCUT2D eigenvalue weighted by Gasteiger charge is -2.25. The fourth-order valence-electron chi connectivity index (χ4n) is 3.88. The number of halogens is 2. The normalized spacial score (nSPS) is 17.4. The van der Waals surface area contributed by atoms with Gasteiger partial charge in [0.05, 0.1) is 27.8 Å². The number of rotatable bonds is 6. The second kappa shape index (κ2) is 9.87. The lowest BCUT2D eigenvalue weighted by molar-refractivity contribution is -0.140. The molecule has 0 saturated carbocycles. The highest BCUT2D eigenvalue weighted by Gasteiger charge is 2.46. The molecule has 34 heavy (non-hydrogen) atoms. The summed E-state index contributed by atoms with van der Waals surface area (Å²) in [5.74, 6) is -1.15. The van der Waals surface area contributed by atoms with Crippen molar-refractivity contribution in [2.45, 2.75) is 32.5 Å². The van der Waals surface area contributed by atoms with E-state index in [0.29, 0.717) is 21.9 Å². The number of aromatic nitrogens is 1. The largest absolute Gasteiger partial charge is 0.507 e. The van der Waals surface area contributed by atoms with Crippen LogP contribution >= 0.6 is 23.2 Å². The number of amides is 1. The number of hydrogen-bond acceptors (Lipinski definition) is 5. The first kappa shape index (κ1) is 23.8. The highest BCUT2D eigenvalue weighted by atomic mass is 35.5. The van der Waals surface area contributed by atoms with Crippen LogP contribution in [0.5, 0.6) is 5.75 Å². The summed E-state index contributed by atoms with van der Waals surface area (Å²) in [5.41, 5.74) is 1.66. The van der Waals surface area contributed by atoms with Crippen molar-refractivity contribution in [3.63, 3.8) is 0 Å². The van der Waals surface area contributed by atoms with Crippen molar-refractivity contribution in [1.82, 2.24) is 9.88 Å². The predicted molar refractivity (Wildman–Crippen MR) is 131 cm³/mol. The van der Waals surface area contributed by atoms with E-state index in [9.17, 15) is 14.7 Å². The molecule has 0 bridgehead atoms. The number of pyridine rings is 1. The number of carbonyl (C=O) groups excluding carboxylic acids is 2. The van der Waals surface area contributed by atoms with Gasteiger partial charge in [-0.15, -0.1) is 0 Å². The van der Waals surface area contributed by atoms with E-state index in [1.54, 1.807) is 60.9 Å². The summed E-state index contributed by atoms with van der Waals surface area (Å²) in [6, 6.07) is 14.3. The third kappa shape index (κ3) is 4.79. The second-order valence-electron chi connectivity index (χ2n) is 8.15. The van der Waals surface area contributed by atoms with Crippen LogP contribution in [-0.2, 0) is 16.1 Å². The van der Waals surface area contributed by atoms with Crippen molar-refractivity contribution in [2.75, 3.05) is 0 Å². The summed E-state index contributed by atoms with van der Waals surface area (Å²) < 4.78 is 5.65. The number of benzene rings is 2. The number of ketones is 1. The molecule has 1 saturated heterocycles. The highest BCUT2D eigenvalue weighted by Crippen LogP contribution is 2.41. The zero-order valence-electron chi connectivity index (χ0n) is 18.5. The van der Waals surface area contributed by atoms with Crippen LogP contribution in [0.2, 0.25) is 10.0 Å². The maximum absolute atomic E-state index is 13.2. The Labute approximate surface area is 207 Å². The molecule has 1 fully saturated rings. The van der Waals surface area contributed by atoms with Crippen LogP contribution in [0.1, 0.15) is 36.6 Å². The van der Waals surface area contributed by atoms with Gasteiger partial charge in [-0.1, -0.05) is 35.3 Å². The zero-order chi connectivity index (χ0) is 24.4. The number of carbonyl (C=O) groups is 2. The molecule has 1 atom stereocenters. The molecule has 6 nitrogen and oxygen atoms in total. The molecular formula is C26H22Cl2N2O4. The molecule has 1 N–H and O–H groups in total. The quantitative estimate of drug-likeness (QED) is 0.265. The smallest absolute Gasteiger partial charge is 0.295 e. The third-order valence-corrected chi connectivity index (χ3v) is 6.11. The summed E-state index contributed by atoms with van der Waals surface area (Å²) in [4.78, 5) is 31.8. The maximum atomic E-state index is 13.2. The molecule has 2 aromatic carbocycles. The maximum Gasteiger partial charge on any atom is 0.295 e. The van der Waals surface area contributed by atoms with Gasteiger partial charge < -0.3 is 14.7 Å². The van der Waals surface area contributed by atoms with Crippen LogP contribution in [0.15, 0.2) is 72.6 Å². The van der Waals surface area contributed by atoms with E-state index in [4.69, 9.17) is 27.9 Å². The first-order chi connectivity index (χ1) is 16.3. The van der Waals surface area contributed by atoms with Crippen LogP contribution in [0.4, 0.5) is 0 Å². The summed E-state index contributed by atoms with van der Waals surface area (Å²) in [6.45, 7) is 3.95. The molecule has 1 aliphatic heterocycles. The average Bonchev–Trinajstić information content (AvgIpc) is 3.06. The molecule has 4 rings (SSSR count). The van der Waals surface area contributed by atoms with E-state index in [-0.39, 0.29) is 29.0 Å². The molecule has 1 amide bonds. The summed E-state index contributed by atoms with van der Waals surface area (Å²) in [6.07, 6.45) is 3.24. The van der Waals surface area contributed by atoms with E-state index in [1.807, 2.05) is 19.9 Å². The second-order valence-corrected chi connectivity index (χ2v) is 8.97. The van der Waals surface area contributed by atoms with Gasteiger partial charge in [-0.05, 0) is 67.4 Å². The molecule has 2 heterocycles. The number of aliphatic hydroxyl groups is 1. The molecule has 0 radical (unpaired) electrons. The topological polar surface area (TPSA) is 79.7 Å². The zero-order valence-corrected chi connectivity index (χ0v) is 20.0. The lowest BCUT2D eigenvalue weighted by Crippen LogP contribution is -2.29. The fraction of sp³-hybridized carbons (Fsp3) is 0.192. The van der Waals surface area contributed by atoms with Gasteiger partial charge in [-0.25, -0.2) is 0 Å². The highest BCUT2D eigenvalue weighted by molar-refractivity contribution is 6.46. The molecular weight excluding hydrogens is 475 g/mol. The van der Waals surface area contributed by atoms with Gasteiger partial charge in [0.2, 0.25) is 0 Å². The Balaban J connectivity index is 1.82. The van der Waals surface area contributed by atoms with E-state index in [1.165, 1.54) is 4.90 Å². The minimum Gasteiger partial charge on any atom is -0.507 e. The van der Waals surface area contributed by atoms with Gasteiger partial charge in [0, 0.05) is 24.5 Å². The standard InChI is InChI=1S/C26H22Cl2N2O4/c1-15(2)34-19-8-5-17(6-9-19)24(31)22-23(18-7-10-20(27)21(28)12-18)30(26(33)25(22)32)14-16-4-3-11-29-13-16/h3-13,15,23,31H,14H2,1-2H3/b24-22+. The van der Waals surface area contributed by atoms with Crippen molar-refractivity contribution in [2.24, 2.45) is 0 Å². The first-order valence-corrected chi connectivity index (χ1v) is 11.4. The van der Waals surface area contributed by atoms with E-state index < -0.39 is 17.7 Å². The van der Waals surface area contributed by atoms with Crippen molar-refractivity contribution < 1.29 is 19.4 Å². The van der Waals surface area contributed by atoms with Gasteiger partial charge in [-0.2, -0.15) is 0 Å². The van der Waals surface area contributed by atoms with Crippen LogP contribution in [0.25, 0.3) is 5.76 Å². The molecule has 0 spiro atoms. The van der Waals surface area contributed by atoms with Crippen LogP contribution < -0.4 is 4.74 Å². The molecule has 1 aromatic heterocycles. The van der Waals surface area contributed by atoms with Gasteiger partial charge in [0.1, 0.15) is 11.5 Å². The van der Waals surface area contributed by atoms with Gasteiger partial charge in [0.15, 0.2) is 0 Å². The van der Waals surface area contributed by atoms with Gasteiger partial charge in [0.25, 0.3) is 11.7 Å². The Hall–Kier alpha value is -3.35. The number of Topliss-reactive ketones (excluding diaryl/α,β-unsaturated/α-hetero) is 1. The summed E-state index contributed by atoms with van der Waals surface area (Å²) >= 11 is 12.3. The van der Waals surface area contributed by atoms with Crippen LogP contribution in [-0.4, -0.2) is 32.8 Å². The molecule has 1 aliphatic rings. The monoisotopic (exact) mass is 496 g/mol. The third-order valence-electron chi connectivity index (χ3n) is 5.37. The SMILES string of the molecule is CC(C)Oc1ccc(/C(O)=C2\C(=O)C(=O)N(Cc3cccnc3)C2c2ccc(Cl)c(Cl)c2)cc1. The van der Waals surface area contributed by atoms with Crippen molar-refractivity contribution >= 4 is 40.7 Å². The van der Waals surface area contributed by atoms with E-state index in [0.717, 1.165) is 5.56 Å². The minimum absolute atomic E-state index is 0.00750. The average molecular weight is 497 g/mol. The molecule has 8 heteroatoms. The van der Waals surface area contributed by atoms with Crippen molar-refractivity contribution in [3.8, 4) is 5.75 Å². The summed E-state index contributed by atoms with van der Waals surface area (Å²) in [5, 5.41) is 11.8. The fourth-order valence-corrected chi connectivity index (χ4v) is 4.19. The number of nitrogens with zero attached hydrogens (tertiary/aromatic N) is 2. The van der Waals surface area contributed by atoms with E-state index in [2.05, 4.69) is 4.98 Å². The van der Waals surface area contributed by atoms with Crippen molar-refractivity contribution in [1.29, 1.82) is 0 Å². The Bertz CT molecular complexity index is 1260. The minimum atomic E-state index is -0.860. The molecule has 3 aromatic rings. The Kier molecular flexibility index (Phi) is 6.91. The summed E-state index contributed by atoms with van der Waals surface area (Å²) in [7, 11) is 0. The number of aliphatic hydroxyl groups excluding tert-OH is 1. The van der Waals surface area contributed by atoms with Crippen LogP contribution in [0, 0.1) is 0 Å². The molecule has 0 aliphatic carbocycles. The lowest BCUT2D eigenvalue weighted by atomic mass is 9.95. The number of ether oxygens (including phenoxy) is 1. The number of hydrogen-bond donors (Lipinski definition) is 1. The Morgan fingerprint density at radius 2 is 1.82 bits per heavy atom.